The van der Waals surface area contributed by atoms with Gasteiger partial charge in [0, 0.05) is 18.9 Å². The maximum atomic E-state index is 4.17. The number of halogens is 2. The second kappa shape index (κ2) is 6.95. The maximum Gasteiger partial charge on any atom is 0.165 e. The summed E-state index contributed by atoms with van der Waals surface area (Å²) in [5, 5.41) is 0. The van der Waals surface area contributed by atoms with Crippen LogP contribution in [0.1, 0.15) is 20.8 Å². The number of allylic oxidation sites excluding steroid dienone is 1. The van der Waals surface area contributed by atoms with Gasteiger partial charge in [-0.2, -0.15) is 0 Å². The van der Waals surface area contributed by atoms with Gasteiger partial charge in [-0.05, 0) is 38.8 Å². The van der Waals surface area contributed by atoms with Gasteiger partial charge < -0.3 is 4.57 Å². The van der Waals surface area contributed by atoms with Crippen molar-refractivity contribution in [2.45, 2.75) is 20.8 Å². The van der Waals surface area contributed by atoms with Gasteiger partial charge in [0.15, 0.2) is 5.49 Å². The summed E-state index contributed by atoms with van der Waals surface area (Å²) >= 11 is 6.63. The minimum atomic E-state index is 0.701. The zero-order chi connectivity index (χ0) is 12.0. The van der Waals surface area contributed by atoms with Crippen molar-refractivity contribution in [1.82, 2.24) is 9.55 Å². The van der Waals surface area contributed by atoms with Crippen LogP contribution in [0.4, 0.5) is 0 Å². The van der Waals surface area contributed by atoms with E-state index in [0.717, 1.165) is 15.8 Å². The highest BCUT2D eigenvalue weighted by molar-refractivity contribution is 9.11. The molecule has 5 heteroatoms. The molecule has 1 aromatic rings. The molecule has 0 saturated carbocycles. The molecule has 0 N–H and O–H groups in total. The number of hydrogen-bond acceptors (Lipinski definition) is 2. The van der Waals surface area contributed by atoms with E-state index in [0.29, 0.717) is 4.60 Å². The summed E-state index contributed by atoms with van der Waals surface area (Å²) < 4.78 is 3.31. The smallest absolute Gasteiger partial charge is 0.165 e. The number of nitrogens with zero attached hydrogens (tertiary/aromatic N) is 3. The predicted octanol–water partition coefficient (Wildman–Crippen LogP) is 3.46. The highest BCUT2D eigenvalue weighted by atomic mass is 79.9. The van der Waals surface area contributed by atoms with E-state index >= 15 is 0 Å². The van der Waals surface area contributed by atoms with Crippen molar-refractivity contribution in [3.05, 3.63) is 27.5 Å². The van der Waals surface area contributed by atoms with Crippen LogP contribution in [0, 0.1) is 0 Å². The van der Waals surface area contributed by atoms with Gasteiger partial charge in [-0.3, -0.25) is 4.99 Å². The normalized spacial score (nSPS) is 10.7. The molecule has 84 valence electrons. The van der Waals surface area contributed by atoms with Gasteiger partial charge in [0.25, 0.3) is 0 Å². The van der Waals surface area contributed by atoms with Gasteiger partial charge in [0.05, 0.1) is 0 Å². The zero-order valence-corrected chi connectivity index (χ0v) is 12.6. The number of rotatable bonds is 1. The first-order valence-electron chi connectivity index (χ1n) is 4.59. The molecule has 0 saturated heterocycles. The highest BCUT2D eigenvalue weighted by Crippen LogP contribution is 2.09. The van der Waals surface area contributed by atoms with Crippen LogP contribution < -0.4 is 5.49 Å². The Hall–Kier alpha value is -0.420. The lowest BCUT2D eigenvalue weighted by molar-refractivity contribution is 0.895. The third-order valence-electron chi connectivity index (χ3n) is 1.48. The first-order chi connectivity index (χ1) is 7.06. The molecule has 0 aliphatic heterocycles. The standard InChI is InChI=1S/C8H9Br2N3.C2H6/c1-5(2)13-4-6(9)12-7(10)8(13)11-3;1-2/h4H,1H2,2-3H3;1-2H3. The zero-order valence-electron chi connectivity index (χ0n) is 9.38. The van der Waals surface area contributed by atoms with Crippen LogP contribution >= 0.6 is 31.9 Å². The van der Waals surface area contributed by atoms with Gasteiger partial charge >= 0.3 is 0 Å². The van der Waals surface area contributed by atoms with Crippen molar-refractivity contribution in [2.24, 2.45) is 4.99 Å². The van der Waals surface area contributed by atoms with Crippen LogP contribution in [0.2, 0.25) is 0 Å². The van der Waals surface area contributed by atoms with Crippen LogP contribution in [0.25, 0.3) is 5.70 Å². The molecule has 0 aliphatic carbocycles. The summed E-state index contributed by atoms with van der Waals surface area (Å²) in [6.07, 6.45) is 1.83. The predicted molar refractivity (Wildman–Crippen MR) is 71.5 cm³/mol. The first kappa shape index (κ1) is 14.6. The van der Waals surface area contributed by atoms with Gasteiger partial charge in [-0.1, -0.05) is 20.4 Å². The van der Waals surface area contributed by atoms with Crippen LogP contribution in [0.3, 0.4) is 0 Å². The van der Waals surface area contributed by atoms with E-state index in [1.54, 1.807) is 7.05 Å². The Kier molecular flexibility index (Phi) is 6.76. The second-order valence-corrected chi connectivity index (χ2v) is 4.07. The molecule has 1 rings (SSSR count). The minimum absolute atomic E-state index is 0.701. The fraction of sp³-hybridized carbons (Fsp3) is 0.400. The Morgan fingerprint density at radius 3 is 2.40 bits per heavy atom. The van der Waals surface area contributed by atoms with Crippen LogP contribution in [-0.4, -0.2) is 16.6 Å². The Morgan fingerprint density at radius 1 is 1.47 bits per heavy atom. The molecule has 0 atom stereocenters. The first-order valence-corrected chi connectivity index (χ1v) is 6.18. The average molecular weight is 337 g/mol. The van der Waals surface area contributed by atoms with Crippen molar-refractivity contribution in [3.63, 3.8) is 0 Å². The molecule has 0 radical (unpaired) electrons. The SMILES string of the molecule is C=C(C)n1cc(Br)nc(Br)c1=NC.CC. The summed E-state index contributed by atoms with van der Waals surface area (Å²) in [6.45, 7) is 9.76. The van der Waals surface area contributed by atoms with Crippen molar-refractivity contribution in [1.29, 1.82) is 0 Å². The van der Waals surface area contributed by atoms with Gasteiger partial charge in [-0.25, -0.2) is 4.98 Å². The maximum absolute atomic E-state index is 4.17. The highest BCUT2D eigenvalue weighted by Gasteiger charge is 2.02. The number of hydrogen-bond donors (Lipinski definition) is 0. The van der Waals surface area contributed by atoms with Crippen LogP contribution in [0.15, 0.2) is 27.0 Å². The summed E-state index contributed by atoms with van der Waals surface area (Å²) in [6, 6.07) is 0. The van der Waals surface area contributed by atoms with E-state index in [2.05, 4.69) is 48.4 Å². The molecule has 0 unspecified atom stereocenters. The third-order valence-corrected chi connectivity index (χ3v) is 2.39. The van der Waals surface area contributed by atoms with E-state index in [-0.39, 0.29) is 0 Å². The number of aromatic nitrogens is 2. The molecule has 3 nitrogen and oxygen atoms in total. The van der Waals surface area contributed by atoms with E-state index in [1.165, 1.54) is 0 Å². The monoisotopic (exact) mass is 335 g/mol. The third kappa shape index (κ3) is 3.91. The molecule has 1 heterocycles. The van der Waals surface area contributed by atoms with Crippen LogP contribution in [-0.2, 0) is 0 Å². The minimum Gasteiger partial charge on any atom is -0.302 e. The fourth-order valence-corrected chi connectivity index (χ4v) is 2.11. The topological polar surface area (TPSA) is 30.2 Å². The average Bonchev–Trinajstić information content (AvgIpc) is 2.19. The lowest BCUT2D eigenvalue weighted by Gasteiger charge is -2.07. The van der Waals surface area contributed by atoms with Gasteiger partial charge in [0.2, 0.25) is 0 Å². The fourth-order valence-electron chi connectivity index (χ4n) is 0.931. The van der Waals surface area contributed by atoms with Crippen molar-refractivity contribution in [2.75, 3.05) is 7.05 Å². The van der Waals surface area contributed by atoms with E-state index in [9.17, 15) is 0 Å². The molecule has 15 heavy (non-hydrogen) atoms. The molecule has 0 aromatic carbocycles. The Bertz CT molecular complexity index is 408. The Balaban J connectivity index is 0.000000921. The van der Waals surface area contributed by atoms with E-state index < -0.39 is 0 Å². The van der Waals surface area contributed by atoms with E-state index in [1.807, 2.05) is 31.5 Å². The lowest BCUT2D eigenvalue weighted by atomic mass is 10.5. The summed E-state index contributed by atoms with van der Waals surface area (Å²) in [4.78, 5) is 8.27. The van der Waals surface area contributed by atoms with Crippen molar-refractivity contribution < 1.29 is 0 Å². The largest absolute Gasteiger partial charge is 0.302 e. The molecular weight excluding hydrogens is 322 g/mol. The molecule has 0 amide bonds. The lowest BCUT2D eigenvalue weighted by Crippen LogP contribution is -2.21. The molecule has 0 spiro atoms. The quantitative estimate of drug-likeness (QED) is 0.772. The van der Waals surface area contributed by atoms with Gasteiger partial charge in [0.1, 0.15) is 9.21 Å². The molecule has 0 aliphatic rings. The molecular formula is C10H15Br2N3. The van der Waals surface area contributed by atoms with Crippen LogP contribution in [0.5, 0.6) is 0 Å². The summed E-state index contributed by atoms with van der Waals surface area (Å²) in [5.41, 5.74) is 1.65. The van der Waals surface area contributed by atoms with Crippen molar-refractivity contribution in [3.8, 4) is 0 Å². The Labute approximate surface area is 107 Å². The summed E-state index contributed by atoms with van der Waals surface area (Å²) in [7, 11) is 1.72. The summed E-state index contributed by atoms with van der Waals surface area (Å²) in [5.74, 6) is 0. The van der Waals surface area contributed by atoms with Crippen molar-refractivity contribution >= 4 is 37.6 Å². The van der Waals surface area contributed by atoms with E-state index in [4.69, 9.17) is 0 Å². The second-order valence-electron chi connectivity index (χ2n) is 2.51. The molecule has 0 fully saturated rings. The molecule has 0 bridgehead atoms. The Morgan fingerprint density at radius 2 is 2.00 bits per heavy atom. The van der Waals surface area contributed by atoms with Gasteiger partial charge in [-0.15, -0.1) is 0 Å². The molecule has 1 aromatic heterocycles.